The van der Waals surface area contributed by atoms with E-state index in [4.69, 9.17) is 25.8 Å². The Kier molecular flexibility index (Phi) is 8.90. The number of rotatable bonds is 11. The Morgan fingerprint density at radius 1 is 1.29 bits per heavy atom. The molecule has 0 aromatic heterocycles. The Hall–Kier alpha value is -1.23. The van der Waals surface area contributed by atoms with Gasteiger partial charge in [-0.25, -0.2) is 0 Å². The molecule has 1 aromatic rings. The Morgan fingerprint density at radius 2 is 2.10 bits per heavy atom. The summed E-state index contributed by atoms with van der Waals surface area (Å²) < 4.78 is 16.3. The van der Waals surface area contributed by atoms with Crippen LogP contribution < -0.4 is 14.8 Å². The van der Waals surface area contributed by atoms with Crippen LogP contribution in [0.25, 0.3) is 0 Å². The molecular formula is C16H24ClNO3. The maximum atomic E-state index is 5.77. The van der Waals surface area contributed by atoms with Gasteiger partial charge in [0.25, 0.3) is 0 Å². The smallest absolute Gasteiger partial charge is 0.128 e. The maximum absolute atomic E-state index is 5.77. The summed E-state index contributed by atoms with van der Waals surface area (Å²) in [6, 6.07) is 5.84. The van der Waals surface area contributed by atoms with Crippen molar-refractivity contribution in [1.82, 2.24) is 5.32 Å². The lowest BCUT2D eigenvalue weighted by molar-refractivity contribution is 0.199. The average Bonchev–Trinajstić information content (AvgIpc) is 2.48. The normalized spacial score (nSPS) is 10.4. The quantitative estimate of drug-likeness (QED) is 0.636. The molecule has 0 heterocycles. The van der Waals surface area contributed by atoms with Crippen LogP contribution >= 0.6 is 11.6 Å². The highest BCUT2D eigenvalue weighted by molar-refractivity contribution is 6.29. The van der Waals surface area contributed by atoms with Crippen molar-refractivity contribution in [2.24, 2.45) is 0 Å². The number of nitrogens with one attached hydrogen (secondary N) is 1. The molecule has 0 unspecified atom stereocenters. The van der Waals surface area contributed by atoms with E-state index in [2.05, 4.69) is 18.8 Å². The SMILES string of the molecule is C=C(Cl)COc1cc(OCCC)ccc1CNCCOC. The van der Waals surface area contributed by atoms with E-state index in [0.717, 1.165) is 30.0 Å². The first kappa shape index (κ1) is 17.8. The van der Waals surface area contributed by atoms with Gasteiger partial charge < -0.3 is 19.5 Å². The van der Waals surface area contributed by atoms with Gasteiger partial charge in [0.05, 0.1) is 13.2 Å². The summed E-state index contributed by atoms with van der Waals surface area (Å²) in [6.45, 7) is 8.83. The van der Waals surface area contributed by atoms with E-state index < -0.39 is 0 Å². The molecule has 0 fully saturated rings. The van der Waals surface area contributed by atoms with Gasteiger partial charge in [-0.2, -0.15) is 0 Å². The highest BCUT2D eigenvalue weighted by Gasteiger charge is 2.07. The van der Waals surface area contributed by atoms with Crippen molar-refractivity contribution in [3.8, 4) is 11.5 Å². The van der Waals surface area contributed by atoms with E-state index in [0.29, 0.717) is 24.8 Å². The fourth-order valence-electron chi connectivity index (χ4n) is 1.68. The van der Waals surface area contributed by atoms with Crippen LogP contribution in [0.4, 0.5) is 0 Å². The summed E-state index contributed by atoms with van der Waals surface area (Å²) in [5, 5.41) is 3.76. The molecule has 5 heteroatoms. The van der Waals surface area contributed by atoms with Crippen molar-refractivity contribution in [2.75, 3.05) is 33.5 Å². The summed E-state index contributed by atoms with van der Waals surface area (Å²) in [4.78, 5) is 0. The second kappa shape index (κ2) is 10.5. The zero-order chi connectivity index (χ0) is 15.5. The molecule has 0 amide bonds. The molecule has 0 radical (unpaired) electrons. The largest absolute Gasteiger partial charge is 0.493 e. The van der Waals surface area contributed by atoms with Crippen molar-refractivity contribution < 1.29 is 14.2 Å². The second-order valence-electron chi connectivity index (χ2n) is 4.59. The Bertz CT molecular complexity index is 438. The molecule has 0 saturated carbocycles. The molecule has 0 aliphatic carbocycles. The van der Waals surface area contributed by atoms with Gasteiger partial charge >= 0.3 is 0 Å². The standard InChI is InChI=1S/C16H24ClNO3/c1-4-8-20-15-6-5-14(11-18-7-9-19-3)16(10-15)21-12-13(2)17/h5-6,10,18H,2,4,7-9,11-12H2,1,3H3. The fourth-order valence-corrected chi connectivity index (χ4v) is 1.73. The Balaban J connectivity index is 2.70. The van der Waals surface area contributed by atoms with Crippen LogP contribution in [0.15, 0.2) is 29.8 Å². The van der Waals surface area contributed by atoms with Crippen LogP contribution in [0.3, 0.4) is 0 Å². The Labute approximate surface area is 132 Å². The lowest BCUT2D eigenvalue weighted by atomic mass is 10.2. The van der Waals surface area contributed by atoms with Crippen LogP contribution in [-0.4, -0.2) is 33.5 Å². The van der Waals surface area contributed by atoms with Gasteiger partial charge in [0.2, 0.25) is 0 Å². The molecule has 118 valence electrons. The summed E-state index contributed by atoms with van der Waals surface area (Å²) in [6.07, 6.45) is 0.967. The van der Waals surface area contributed by atoms with E-state index in [9.17, 15) is 0 Å². The number of ether oxygens (including phenoxy) is 3. The highest BCUT2D eigenvalue weighted by atomic mass is 35.5. The molecule has 0 saturated heterocycles. The van der Waals surface area contributed by atoms with Crippen LogP contribution in [0.1, 0.15) is 18.9 Å². The minimum absolute atomic E-state index is 0.282. The van der Waals surface area contributed by atoms with Gasteiger partial charge in [0.15, 0.2) is 0 Å². The van der Waals surface area contributed by atoms with Crippen LogP contribution in [0, 0.1) is 0 Å². The molecule has 0 aliphatic heterocycles. The first-order valence-corrected chi connectivity index (χ1v) is 7.46. The van der Waals surface area contributed by atoms with Crippen LogP contribution in [0.5, 0.6) is 11.5 Å². The second-order valence-corrected chi connectivity index (χ2v) is 5.13. The van der Waals surface area contributed by atoms with Gasteiger partial charge in [-0.3, -0.25) is 0 Å². The number of hydrogen-bond donors (Lipinski definition) is 1. The molecule has 0 spiro atoms. The van der Waals surface area contributed by atoms with E-state index in [1.807, 2.05) is 18.2 Å². The number of methoxy groups -OCH3 is 1. The topological polar surface area (TPSA) is 39.7 Å². The molecule has 1 aromatic carbocycles. The molecule has 21 heavy (non-hydrogen) atoms. The third kappa shape index (κ3) is 7.37. The summed E-state index contributed by atoms with van der Waals surface area (Å²) >= 11 is 5.77. The maximum Gasteiger partial charge on any atom is 0.128 e. The zero-order valence-corrected chi connectivity index (χ0v) is 13.5. The van der Waals surface area contributed by atoms with Gasteiger partial charge in [-0.05, 0) is 12.5 Å². The van der Waals surface area contributed by atoms with E-state index in [-0.39, 0.29) is 6.61 Å². The lowest BCUT2D eigenvalue weighted by Gasteiger charge is -2.14. The minimum atomic E-state index is 0.282. The lowest BCUT2D eigenvalue weighted by Crippen LogP contribution is -2.19. The summed E-state index contributed by atoms with van der Waals surface area (Å²) in [7, 11) is 1.68. The van der Waals surface area contributed by atoms with Crippen molar-refractivity contribution in [1.29, 1.82) is 0 Å². The zero-order valence-electron chi connectivity index (χ0n) is 12.8. The molecule has 1 rings (SSSR count). The molecule has 0 atom stereocenters. The number of halogens is 1. The van der Waals surface area contributed by atoms with Crippen LogP contribution in [-0.2, 0) is 11.3 Å². The van der Waals surface area contributed by atoms with E-state index in [1.165, 1.54) is 0 Å². The molecule has 0 aliphatic rings. The third-order valence-electron chi connectivity index (χ3n) is 2.69. The number of benzene rings is 1. The number of hydrogen-bond acceptors (Lipinski definition) is 4. The van der Waals surface area contributed by atoms with Gasteiger partial charge in [-0.15, -0.1) is 0 Å². The van der Waals surface area contributed by atoms with E-state index >= 15 is 0 Å². The monoisotopic (exact) mass is 313 g/mol. The minimum Gasteiger partial charge on any atom is -0.493 e. The van der Waals surface area contributed by atoms with Crippen molar-refractivity contribution in [2.45, 2.75) is 19.9 Å². The van der Waals surface area contributed by atoms with E-state index in [1.54, 1.807) is 7.11 Å². The average molecular weight is 314 g/mol. The molecule has 1 N–H and O–H groups in total. The van der Waals surface area contributed by atoms with Gasteiger partial charge in [0, 0.05) is 36.9 Å². The predicted octanol–water partition coefficient (Wildman–Crippen LogP) is 3.34. The van der Waals surface area contributed by atoms with Crippen molar-refractivity contribution in [3.05, 3.63) is 35.4 Å². The highest BCUT2D eigenvalue weighted by Crippen LogP contribution is 2.26. The van der Waals surface area contributed by atoms with Crippen molar-refractivity contribution >= 4 is 11.6 Å². The predicted molar refractivity (Wildman–Crippen MR) is 86.3 cm³/mol. The summed E-state index contributed by atoms with van der Waals surface area (Å²) in [5.74, 6) is 1.56. The third-order valence-corrected chi connectivity index (χ3v) is 2.80. The molecule has 4 nitrogen and oxygen atoms in total. The summed E-state index contributed by atoms with van der Waals surface area (Å²) in [5.41, 5.74) is 1.05. The Morgan fingerprint density at radius 3 is 2.76 bits per heavy atom. The molecular weight excluding hydrogens is 290 g/mol. The van der Waals surface area contributed by atoms with Gasteiger partial charge in [-0.1, -0.05) is 31.2 Å². The van der Waals surface area contributed by atoms with Crippen LogP contribution in [0.2, 0.25) is 0 Å². The van der Waals surface area contributed by atoms with Crippen molar-refractivity contribution in [3.63, 3.8) is 0 Å². The first-order valence-electron chi connectivity index (χ1n) is 7.08. The molecule has 0 bridgehead atoms. The first-order chi connectivity index (χ1) is 10.2. The fraction of sp³-hybridized carbons (Fsp3) is 0.500. The van der Waals surface area contributed by atoms with Gasteiger partial charge in [0.1, 0.15) is 18.1 Å².